The molecule has 0 aliphatic carbocycles. The predicted octanol–water partition coefficient (Wildman–Crippen LogP) is 2.45. The van der Waals surface area contributed by atoms with E-state index in [1.807, 2.05) is 45.1 Å². The Labute approximate surface area is 68.7 Å². The van der Waals surface area contributed by atoms with Crippen LogP contribution in [0.5, 0.6) is 0 Å². The number of aliphatic hydroxyl groups is 1. The first-order valence-corrected chi connectivity index (χ1v) is 3.78. The summed E-state index contributed by atoms with van der Waals surface area (Å²) in [4.78, 5) is 0. The third kappa shape index (κ3) is 5.62. The monoisotopic (exact) mass is 152 g/mol. The first-order chi connectivity index (χ1) is 5.20. The van der Waals surface area contributed by atoms with E-state index < -0.39 is 0 Å². The molecule has 11 heavy (non-hydrogen) atoms. The molecule has 1 nitrogen and oxygen atoms in total. The summed E-state index contributed by atoms with van der Waals surface area (Å²) in [5, 5.41) is 8.64. The quantitative estimate of drug-likeness (QED) is 0.616. The maximum absolute atomic E-state index is 8.64. The van der Waals surface area contributed by atoms with Gasteiger partial charge in [0.15, 0.2) is 0 Å². The van der Waals surface area contributed by atoms with E-state index in [2.05, 4.69) is 0 Å². The van der Waals surface area contributed by atoms with Crippen molar-refractivity contribution in [2.24, 2.45) is 0 Å². The Bertz CT molecular complexity index is 185. The molecule has 0 aliphatic heterocycles. The van der Waals surface area contributed by atoms with Crippen molar-refractivity contribution in [3.05, 3.63) is 35.5 Å². The summed E-state index contributed by atoms with van der Waals surface area (Å²) in [5.74, 6) is 0. The largest absolute Gasteiger partial charge is 0.392 e. The van der Waals surface area contributed by atoms with E-state index in [-0.39, 0.29) is 6.61 Å². The smallest absolute Gasteiger partial charge is 0.0642 e. The van der Waals surface area contributed by atoms with Gasteiger partial charge in [-0.3, -0.25) is 0 Å². The zero-order valence-electron chi connectivity index (χ0n) is 7.46. The van der Waals surface area contributed by atoms with E-state index in [9.17, 15) is 0 Å². The summed E-state index contributed by atoms with van der Waals surface area (Å²) < 4.78 is 0. The number of rotatable bonds is 3. The molecule has 0 aromatic heterocycles. The van der Waals surface area contributed by atoms with Crippen LogP contribution in [0.3, 0.4) is 0 Å². The molecular formula is C10H16O. The van der Waals surface area contributed by atoms with Gasteiger partial charge in [0.1, 0.15) is 0 Å². The van der Waals surface area contributed by atoms with E-state index in [0.29, 0.717) is 0 Å². The van der Waals surface area contributed by atoms with Crippen LogP contribution in [0.1, 0.15) is 20.8 Å². The van der Waals surface area contributed by atoms with E-state index in [1.165, 1.54) is 5.57 Å². The Hall–Kier alpha value is -0.820. The molecule has 0 aromatic carbocycles. The van der Waals surface area contributed by atoms with Crippen LogP contribution >= 0.6 is 0 Å². The van der Waals surface area contributed by atoms with Crippen molar-refractivity contribution in [2.75, 3.05) is 6.61 Å². The molecule has 0 atom stereocenters. The molecule has 0 spiro atoms. The van der Waals surface area contributed by atoms with Gasteiger partial charge < -0.3 is 5.11 Å². The predicted molar refractivity (Wildman–Crippen MR) is 49.4 cm³/mol. The molecular weight excluding hydrogens is 136 g/mol. The zero-order valence-corrected chi connectivity index (χ0v) is 7.46. The third-order valence-corrected chi connectivity index (χ3v) is 1.44. The molecule has 1 N–H and O–H groups in total. The Balaban J connectivity index is 3.96. The third-order valence-electron chi connectivity index (χ3n) is 1.44. The Morgan fingerprint density at radius 3 is 2.45 bits per heavy atom. The van der Waals surface area contributed by atoms with Crippen molar-refractivity contribution in [2.45, 2.75) is 20.8 Å². The molecule has 0 bridgehead atoms. The van der Waals surface area contributed by atoms with Crippen molar-refractivity contribution < 1.29 is 5.11 Å². The molecule has 0 saturated heterocycles. The highest BCUT2D eigenvalue weighted by molar-refractivity contribution is 5.21. The lowest BCUT2D eigenvalue weighted by molar-refractivity contribution is 0.331. The second-order valence-electron chi connectivity index (χ2n) is 2.56. The average molecular weight is 152 g/mol. The zero-order chi connectivity index (χ0) is 8.69. The fourth-order valence-electron chi connectivity index (χ4n) is 0.513. The molecule has 0 heterocycles. The van der Waals surface area contributed by atoms with Gasteiger partial charge in [-0.05, 0) is 26.3 Å². The lowest BCUT2D eigenvalue weighted by Gasteiger charge is -1.89. The molecule has 0 saturated carbocycles. The summed E-state index contributed by atoms with van der Waals surface area (Å²) in [6.45, 7) is 6.08. The van der Waals surface area contributed by atoms with Gasteiger partial charge in [-0.25, -0.2) is 0 Å². The fourth-order valence-corrected chi connectivity index (χ4v) is 0.513. The van der Waals surface area contributed by atoms with Gasteiger partial charge in [-0.15, -0.1) is 0 Å². The summed E-state index contributed by atoms with van der Waals surface area (Å²) in [7, 11) is 0. The lowest BCUT2D eigenvalue weighted by atomic mass is 10.2. The minimum atomic E-state index is 0.138. The molecule has 0 rings (SSSR count). The van der Waals surface area contributed by atoms with Gasteiger partial charge in [0, 0.05) is 0 Å². The fraction of sp³-hybridized carbons (Fsp3) is 0.400. The molecule has 0 aromatic rings. The van der Waals surface area contributed by atoms with E-state index in [0.717, 1.165) is 5.57 Å². The summed E-state index contributed by atoms with van der Waals surface area (Å²) in [6.07, 6.45) is 7.91. The SMILES string of the molecule is C/C=C(C)/C=C/C=C(\C)CO. The molecule has 0 unspecified atom stereocenters. The van der Waals surface area contributed by atoms with Crippen molar-refractivity contribution >= 4 is 0 Å². The first-order valence-electron chi connectivity index (χ1n) is 3.78. The van der Waals surface area contributed by atoms with Crippen LogP contribution in [-0.4, -0.2) is 11.7 Å². The lowest BCUT2D eigenvalue weighted by Crippen LogP contribution is -1.81. The van der Waals surface area contributed by atoms with Gasteiger partial charge in [-0.2, -0.15) is 0 Å². The van der Waals surface area contributed by atoms with Crippen LogP contribution in [0.4, 0.5) is 0 Å². The van der Waals surface area contributed by atoms with Crippen molar-refractivity contribution in [1.29, 1.82) is 0 Å². The maximum atomic E-state index is 8.64. The summed E-state index contributed by atoms with van der Waals surface area (Å²) in [6, 6.07) is 0. The normalized spacial score (nSPS) is 14.5. The minimum absolute atomic E-state index is 0.138. The van der Waals surface area contributed by atoms with E-state index >= 15 is 0 Å². The topological polar surface area (TPSA) is 20.2 Å². The average Bonchev–Trinajstić information content (AvgIpc) is 2.04. The Kier molecular flexibility index (Phi) is 5.49. The highest BCUT2D eigenvalue weighted by Gasteiger charge is 1.79. The van der Waals surface area contributed by atoms with E-state index in [1.54, 1.807) is 0 Å². The first kappa shape index (κ1) is 10.2. The molecule has 1 heteroatoms. The van der Waals surface area contributed by atoms with Gasteiger partial charge in [0.2, 0.25) is 0 Å². The van der Waals surface area contributed by atoms with Gasteiger partial charge in [0.05, 0.1) is 6.61 Å². The van der Waals surface area contributed by atoms with E-state index in [4.69, 9.17) is 5.11 Å². The van der Waals surface area contributed by atoms with Crippen LogP contribution in [0.25, 0.3) is 0 Å². The number of aliphatic hydroxyl groups excluding tert-OH is 1. The van der Waals surface area contributed by atoms with Crippen LogP contribution in [-0.2, 0) is 0 Å². The van der Waals surface area contributed by atoms with Gasteiger partial charge in [0.25, 0.3) is 0 Å². The molecule has 0 aliphatic rings. The second-order valence-corrected chi connectivity index (χ2v) is 2.56. The second kappa shape index (κ2) is 5.93. The molecule has 0 radical (unpaired) electrons. The van der Waals surface area contributed by atoms with Crippen molar-refractivity contribution in [3.63, 3.8) is 0 Å². The summed E-state index contributed by atoms with van der Waals surface area (Å²) >= 11 is 0. The standard InChI is InChI=1S/C10H16O/c1-4-9(2)6-5-7-10(3)8-11/h4-7,11H,8H2,1-3H3/b6-5+,9-4+,10-7+. The highest BCUT2D eigenvalue weighted by atomic mass is 16.3. The van der Waals surface area contributed by atoms with Crippen LogP contribution < -0.4 is 0 Å². The van der Waals surface area contributed by atoms with Gasteiger partial charge in [-0.1, -0.05) is 29.9 Å². The van der Waals surface area contributed by atoms with Gasteiger partial charge >= 0.3 is 0 Å². The van der Waals surface area contributed by atoms with Crippen molar-refractivity contribution in [1.82, 2.24) is 0 Å². The molecule has 62 valence electrons. The number of allylic oxidation sites excluding steroid dienone is 5. The van der Waals surface area contributed by atoms with Crippen LogP contribution in [0.15, 0.2) is 35.5 Å². The Morgan fingerprint density at radius 1 is 1.36 bits per heavy atom. The number of hydrogen-bond donors (Lipinski definition) is 1. The highest BCUT2D eigenvalue weighted by Crippen LogP contribution is 1.96. The van der Waals surface area contributed by atoms with Crippen LogP contribution in [0.2, 0.25) is 0 Å². The maximum Gasteiger partial charge on any atom is 0.0642 e. The van der Waals surface area contributed by atoms with Crippen molar-refractivity contribution in [3.8, 4) is 0 Å². The molecule has 0 fully saturated rings. The summed E-state index contributed by atoms with van der Waals surface area (Å²) in [5.41, 5.74) is 2.21. The Morgan fingerprint density at radius 2 is 2.00 bits per heavy atom. The number of hydrogen-bond acceptors (Lipinski definition) is 1. The minimum Gasteiger partial charge on any atom is -0.392 e. The molecule has 0 amide bonds. The van der Waals surface area contributed by atoms with Crippen LogP contribution in [0, 0.1) is 0 Å².